The summed E-state index contributed by atoms with van der Waals surface area (Å²) in [4.78, 5) is 21.4. The Labute approximate surface area is 130 Å². The summed E-state index contributed by atoms with van der Waals surface area (Å²) in [7, 11) is 0. The molecule has 1 aromatic carbocycles. The van der Waals surface area contributed by atoms with Gasteiger partial charge in [0, 0.05) is 17.7 Å². The zero-order valence-corrected chi connectivity index (χ0v) is 11.9. The average molecular weight is 364 g/mol. The number of carbonyl (C=O) groups excluding carboxylic acids is 1. The van der Waals surface area contributed by atoms with Crippen molar-refractivity contribution in [3.05, 3.63) is 39.9 Å². The molecule has 11 heteroatoms. The largest absolute Gasteiger partial charge is 0.376 e. The van der Waals surface area contributed by atoms with E-state index in [1.165, 1.54) is 0 Å². The molecule has 0 heterocycles. The number of nitro groups is 1. The summed E-state index contributed by atoms with van der Waals surface area (Å²) in [5, 5.41) is 10.1. The number of hydrogen-bond donors (Lipinski definition) is 1. The molecule has 0 bridgehead atoms. The van der Waals surface area contributed by atoms with Gasteiger partial charge in [-0.1, -0.05) is 12.1 Å². The van der Waals surface area contributed by atoms with Gasteiger partial charge in [0.1, 0.15) is 0 Å². The van der Waals surface area contributed by atoms with Crippen molar-refractivity contribution in [2.45, 2.75) is 22.8 Å². The number of nitro benzene ring substituents is 1. The van der Waals surface area contributed by atoms with Crippen LogP contribution >= 0.6 is 23.2 Å². The molecule has 22 heavy (non-hydrogen) atoms. The third kappa shape index (κ3) is 3.65. The average Bonchev–Trinajstić information content (AvgIpc) is 2.36. The number of nitrogens with zero attached hydrogens (tertiary/aromatic N) is 1. The van der Waals surface area contributed by atoms with E-state index in [1.54, 1.807) is 0 Å². The maximum atomic E-state index is 13.0. The molecule has 0 saturated heterocycles. The summed E-state index contributed by atoms with van der Waals surface area (Å²) in [6.45, 7) is 0. The highest BCUT2D eigenvalue weighted by Gasteiger charge is 2.67. The maximum Gasteiger partial charge on any atom is 0.357 e. The number of ketones is 1. The van der Waals surface area contributed by atoms with E-state index in [4.69, 9.17) is 0 Å². The summed E-state index contributed by atoms with van der Waals surface area (Å²) in [5.41, 5.74) is -5.47. The molecule has 122 valence electrons. The van der Waals surface area contributed by atoms with Crippen LogP contribution in [0.15, 0.2) is 24.3 Å². The van der Waals surface area contributed by atoms with E-state index in [1.807, 2.05) is 0 Å². The summed E-state index contributed by atoms with van der Waals surface area (Å²) in [5.74, 6) is -1.42. The van der Waals surface area contributed by atoms with Crippen LogP contribution in [0.25, 0.3) is 0 Å². The van der Waals surface area contributed by atoms with Crippen molar-refractivity contribution in [1.82, 2.24) is 0 Å². The van der Waals surface area contributed by atoms with E-state index in [0.717, 1.165) is 18.2 Å². The summed E-state index contributed by atoms with van der Waals surface area (Å²) >= 11 is 8.86. The lowest BCUT2D eigenvalue weighted by molar-refractivity contribution is -0.384. The molecule has 1 N–H and O–H groups in total. The fourth-order valence-corrected chi connectivity index (χ4v) is 1.91. The molecule has 0 aromatic heterocycles. The molecule has 1 rings (SSSR count). The van der Waals surface area contributed by atoms with Gasteiger partial charge in [-0.2, -0.15) is 17.6 Å². The van der Waals surface area contributed by atoms with E-state index in [2.05, 4.69) is 23.2 Å². The predicted octanol–water partition coefficient (Wildman–Crippen LogP) is 3.56. The SMILES string of the molecule is O=C(CC(O)(C(F)(F)Cl)C(F)(F)Cl)c1cccc([N+](=O)[O-])c1. The van der Waals surface area contributed by atoms with E-state index >= 15 is 0 Å². The molecule has 0 aliphatic rings. The van der Waals surface area contributed by atoms with Crippen LogP contribution < -0.4 is 0 Å². The van der Waals surface area contributed by atoms with Gasteiger partial charge in [-0.05, 0) is 23.2 Å². The number of alkyl halides is 6. The molecule has 5 nitrogen and oxygen atoms in total. The van der Waals surface area contributed by atoms with Gasteiger partial charge >= 0.3 is 10.8 Å². The maximum absolute atomic E-state index is 13.0. The molecule has 0 atom stereocenters. The lowest BCUT2D eigenvalue weighted by Gasteiger charge is -2.34. The molecule has 0 fully saturated rings. The Bertz CT molecular complexity index is 586. The minimum absolute atomic E-state index is 0.533. The molecule has 0 radical (unpaired) electrons. The number of halogens is 6. The van der Waals surface area contributed by atoms with Gasteiger partial charge in [-0.25, -0.2) is 0 Å². The Morgan fingerprint density at radius 3 is 2.14 bits per heavy atom. The molecular formula is C11H7Cl2F4NO4. The number of benzene rings is 1. The van der Waals surface area contributed by atoms with Crippen LogP contribution in [0.4, 0.5) is 23.2 Å². The number of rotatable bonds is 6. The van der Waals surface area contributed by atoms with Crippen molar-refractivity contribution in [2.75, 3.05) is 0 Å². The first kappa shape index (κ1) is 18.6. The lowest BCUT2D eigenvalue weighted by Crippen LogP contribution is -2.56. The first-order valence-corrected chi connectivity index (χ1v) is 6.18. The second kappa shape index (κ2) is 5.98. The van der Waals surface area contributed by atoms with E-state index in [9.17, 15) is 37.6 Å². The zero-order chi connectivity index (χ0) is 17.3. The number of carbonyl (C=O) groups is 1. The first-order valence-electron chi connectivity index (χ1n) is 5.43. The van der Waals surface area contributed by atoms with Crippen molar-refractivity contribution in [1.29, 1.82) is 0 Å². The highest BCUT2D eigenvalue weighted by molar-refractivity contribution is 6.26. The fourth-order valence-electron chi connectivity index (χ4n) is 1.49. The predicted molar refractivity (Wildman–Crippen MR) is 68.6 cm³/mol. The molecule has 0 spiro atoms. The first-order chi connectivity index (χ1) is 9.79. The van der Waals surface area contributed by atoms with Gasteiger partial charge in [0.2, 0.25) is 5.60 Å². The van der Waals surface area contributed by atoms with Crippen molar-refractivity contribution in [2.24, 2.45) is 0 Å². The minimum Gasteiger partial charge on any atom is -0.376 e. The highest BCUT2D eigenvalue weighted by atomic mass is 35.5. The summed E-state index contributed by atoms with van der Waals surface area (Å²) in [6, 6.07) is 3.69. The standard InChI is InChI=1S/C11H7Cl2F4NO4/c12-10(14,15)9(20,11(13,16)17)5-8(19)6-2-1-3-7(4-6)18(21)22/h1-4,20H,5H2. The Balaban J connectivity index is 3.18. The molecule has 0 aliphatic carbocycles. The number of Topliss-reactive ketones (excluding diaryl/α,β-unsaturated/α-hetero) is 1. The topological polar surface area (TPSA) is 80.4 Å². The van der Waals surface area contributed by atoms with Crippen molar-refractivity contribution in [3.63, 3.8) is 0 Å². The Hall–Kier alpha value is -1.45. The summed E-state index contributed by atoms with van der Waals surface area (Å²) in [6.07, 6.45) is -1.85. The van der Waals surface area contributed by atoms with E-state index in [0.29, 0.717) is 6.07 Å². The Morgan fingerprint density at radius 2 is 1.73 bits per heavy atom. The van der Waals surface area contributed by atoms with E-state index < -0.39 is 44.7 Å². The zero-order valence-electron chi connectivity index (χ0n) is 10.4. The fraction of sp³-hybridized carbons (Fsp3) is 0.364. The molecule has 1 aromatic rings. The lowest BCUT2D eigenvalue weighted by atomic mass is 9.93. The van der Waals surface area contributed by atoms with Gasteiger partial charge < -0.3 is 5.11 Å². The van der Waals surface area contributed by atoms with Gasteiger partial charge in [-0.3, -0.25) is 14.9 Å². The van der Waals surface area contributed by atoms with Crippen LogP contribution in [0.1, 0.15) is 16.8 Å². The highest BCUT2D eigenvalue weighted by Crippen LogP contribution is 2.48. The van der Waals surface area contributed by atoms with Crippen molar-refractivity contribution >= 4 is 34.7 Å². The number of non-ortho nitro benzene ring substituents is 1. The molecular weight excluding hydrogens is 357 g/mol. The smallest absolute Gasteiger partial charge is 0.357 e. The molecule has 0 aliphatic heterocycles. The normalized spacial score (nSPS) is 13.0. The monoisotopic (exact) mass is 363 g/mol. The van der Waals surface area contributed by atoms with Gasteiger partial charge in [0.25, 0.3) is 5.69 Å². The van der Waals surface area contributed by atoms with Crippen molar-refractivity contribution < 1.29 is 32.4 Å². The molecule has 0 amide bonds. The van der Waals surface area contributed by atoms with Crippen LogP contribution in [0, 0.1) is 10.1 Å². The Kier molecular flexibility index (Phi) is 5.05. The van der Waals surface area contributed by atoms with E-state index in [-0.39, 0.29) is 0 Å². The number of hydrogen-bond acceptors (Lipinski definition) is 4. The minimum atomic E-state index is -4.92. The third-order valence-corrected chi connectivity index (χ3v) is 3.36. The van der Waals surface area contributed by atoms with Crippen LogP contribution in [-0.2, 0) is 0 Å². The number of aliphatic hydroxyl groups is 1. The van der Waals surface area contributed by atoms with Gasteiger partial charge in [0.05, 0.1) is 11.3 Å². The van der Waals surface area contributed by atoms with Crippen LogP contribution in [0.3, 0.4) is 0 Å². The van der Waals surface area contributed by atoms with Crippen LogP contribution in [0.2, 0.25) is 0 Å². The van der Waals surface area contributed by atoms with Crippen molar-refractivity contribution in [3.8, 4) is 0 Å². The van der Waals surface area contributed by atoms with Crippen LogP contribution in [0.5, 0.6) is 0 Å². The quantitative estimate of drug-likeness (QED) is 0.275. The van der Waals surface area contributed by atoms with Gasteiger partial charge in [0.15, 0.2) is 5.78 Å². The van der Waals surface area contributed by atoms with Gasteiger partial charge in [-0.15, -0.1) is 0 Å². The third-order valence-electron chi connectivity index (χ3n) is 2.73. The Morgan fingerprint density at radius 1 is 1.23 bits per heavy atom. The molecule has 0 saturated carbocycles. The van der Waals surface area contributed by atoms with Crippen LogP contribution in [-0.4, -0.2) is 32.2 Å². The second-order valence-electron chi connectivity index (χ2n) is 4.26. The second-order valence-corrected chi connectivity index (χ2v) is 5.21. The summed E-state index contributed by atoms with van der Waals surface area (Å²) < 4.78 is 52.2. The molecule has 0 unspecified atom stereocenters.